The molecule has 8 nitrogen and oxygen atoms in total. The van der Waals surface area contributed by atoms with E-state index in [0.29, 0.717) is 12.8 Å². The number of ketones is 1. The van der Waals surface area contributed by atoms with Crippen LogP contribution in [0.25, 0.3) is 11.1 Å². The molecule has 0 aromatic heterocycles. The van der Waals surface area contributed by atoms with Crippen LogP contribution in [0.5, 0.6) is 5.75 Å². The number of imide groups is 1. The number of methoxy groups -OCH3 is 1. The fourth-order valence-corrected chi connectivity index (χ4v) is 7.56. The number of nitro benzene ring substituents is 1. The van der Waals surface area contributed by atoms with E-state index >= 15 is 0 Å². The largest absolute Gasteiger partial charge is 0.496 e. The van der Waals surface area contributed by atoms with Crippen LogP contribution in [0, 0.1) is 32.8 Å². The molecule has 1 heterocycles. The maximum absolute atomic E-state index is 14.7. The Morgan fingerprint density at radius 1 is 0.875 bits per heavy atom. The maximum atomic E-state index is 14.7. The van der Waals surface area contributed by atoms with Crippen molar-refractivity contribution < 1.29 is 24.0 Å². The van der Waals surface area contributed by atoms with Crippen molar-refractivity contribution in [1.29, 1.82) is 0 Å². The number of allylic oxidation sites excluding steroid dienone is 2. The van der Waals surface area contributed by atoms with Gasteiger partial charge in [0, 0.05) is 0 Å². The van der Waals surface area contributed by atoms with Gasteiger partial charge in [0.25, 0.3) is 5.69 Å². The highest BCUT2D eigenvalue weighted by molar-refractivity contribution is 6.35. The summed E-state index contributed by atoms with van der Waals surface area (Å²) in [5, 5.41) is 12.0. The van der Waals surface area contributed by atoms with Crippen LogP contribution in [0.15, 0.2) is 78.9 Å². The zero-order chi connectivity index (χ0) is 28.4. The normalized spacial score (nSPS) is 27.0. The first kappa shape index (κ1) is 25.7. The van der Waals surface area contributed by atoms with Gasteiger partial charge in [-0.15, -0.1) is 0 Å². The minimum absolute atomic E-state index is 0.111. The van der Waals surface area contributed by atoms with Gasteiger partial charge in [-0.3, -0.25) is 24.5 Å². The third-order valence-electron chi connectivity index (χ3n) is 8.94. The molecule has 4 atom stereocenters. The molecule has 1 saturated carbocycles. The number of hydrogen-bond donors (Lipinski definition) is 0. The zero-order valence-corrected chi connectivity index (χ0v) is 22.4. The Hall–Kier alpha value is -4.59. The van der Waals surface area contributed by atoms with Gasteiger partial charge < -0.3 is 4.74 Å². The number of nitro groups is 1. The molecule has 40 heavy (non-hydrogen) atoms. The first-order valence-electron chi connectivity index (χ1n) is 13.3. The number of anilines is 1. The highest BCUT2D eigenvalue weighted by Gasteiger charge is 2.80. The lowest BCUT2D eigenvalue weighted by Gasteiger charge is -2.37. The number of carbonyl (C=O) groups excluding carboxylic acids is 3. The number of ether oxygens (including phenoxy) is 1. The molecule has 202 valence electrons. The van der Waals surface area contributed by atoms with E-state index in [9.17, 15) is 24.5 Å². The quantitative estimate of drug-likeness (QED) is 0.218. The van der Waals surface area contributed by atoms with Crippen LogP contribution >= 0.6 is 0 Å². The number of fused-ring (bicyclic) bond motifs is 5. The van der Waals surface area contributed by atoms with Crippen LogP contribution < -0.4 is 9.64 Å². The Morgan fingerprint density at radius 3 is 2.00 bits per heavy atom. The van der Waals surface area contributed by atoms with E-state index in [1.807, 2.05) is 67.6 Å². The molecule has 3 aliphatic rings. The molecule has 0 N–H and O–H groups in total. The fourth-order valence-electron chi connectivity index (χ4n) is 7.56. The van der Waals surface area contributed by atoms with Crippen molar-refractivity contribution in [3.8, 4) is 5.75 Å². The van der Waals surface area contributed by atoms with Crippen molar-refractivity contribution in [2.45, 2.75) is 26.7 Å². The predicted octanol–water partition coefficient (Wildman–Crippen LogP) is 5.71. The average Bonchev–Trinajstić information content (AvgIpc) is 3.43. The standard InChI is InChI=1S/C32H28N2O6/c1-4-17-32-25(20-13-9-6-10-14-20)24(19-11-7-5-8-12-19)31(2,30(32)37)26-27(32)29(36)33(28(26)35)22-16-15-21(40-3)18-23(22)34(38)39/h5-16,18,26-27H,4,17H2,1-3H3/t26-,27+,31-,32+/m0/s1. The first-order valence-corrected chi connectivity index (χ1v) is 13.3. The summed E-state index contributed by atoms with van der Waals surface area (Å²) >= 11 is 0. The summed E-state index contributed by atoms with van der Waals surface area (Å²) < 4.78 is 5.16. The summed E-state index contributed by atoms with van der Waals surface area (Å²) in [5.74, 6) is -3.00. The van der Waals surface area contributed by atoms with Crippen LogP contribution in [0.2, 0.25) is 0 Å². The van der Waals surface area contributed by atoms with Crippen LogP contribution in [-0.2, 0) is 14.4 Å². The van der Waals surface area contributed by atoms with Crippen molar-refractivity contribution in [2.75, 3.05) is 12.0 Å². The van der Waals surface area contributed by atoms with Gasteiger partial charge in [0.05, 0.1) is 40.8 Å². The zero-order valence-electron chi connectivity index (χ0n) is 22.4. The third-order valence-corrected chi connectivity index (χ3v) is 8.94. The van der Waals surface area contributed by atoms with Gasteiger partial charge in [-0.25, -0.2) is 4.90 Å². The van der Waals surface area contributed by atoms with E-state index in [1.54, 1.807) is 6.92 Å². The molecule has 3 aromatic carbocycles. The third kappa shape index (κ3) is 3.10. The lowest BCUT2D eigenvalue weighted by Crippen LogP contribution is -2.41. The van der Waals surface area contributed by atoms with Gasteiger partial charge in [-0.2, -0.15) is 0 Å². The smallest absolute Gasteiger partial charge is 0.297 e. The van der Waals surface area contributed by atoms with Gasteiger partial charge in [-0.05, 0) is 47.8 Å². The Labute approximate surface area is 231 Å². The number of nitrogens with zero attached hydrogens (tertiary/aromatic N) is 2. The van der Waals surface area contributed by atoms with Crippen molar-refractivity contribution in [2.24, 2.45) is 22.7 Å². The average molecular weight is 537 g/mol. The highest BCUT2D eigenvalue weighted by Crippen LogP contribution is 2.75. The van der Waals surface area contributed by atoms with Crippen molar-refractivity contribution in [1.82, 2.24) is 0 Å². The number of amides is 2. The molecule has 2 bridgehead atoms. The number of benzene rings is 3. The van der Waals surface area contributed by atoms with E-state index in [0.717, 1.165) is 27.2 Å². The Balaban J connectivity index is 1.63. The lowest BCUT2D eigenvalue weighted by atomic mass is 9.61. The van der Waals surface area contributed by atoms with E-state index in [1.165, 1.54) is 25.3 Å². The molecule has 8 heteroatoms. The summed E-state index contributed by atoms with van der Waals surface area (Å²) in [6, 6.07) is 23.2. The van der Waals surface area contributed by atoms with E-state index in [-0.39, 0.29) is 17.2 Å². The summed E-state index contributed by atoms with van der Waals surface area (Å²) in [7, 11) is 1.38. The second kappa shape index (κ2) is 8.98. The summed E-state index contributed by atoms with van der Waals surface area (Å²) in [4.78, 5) is 55.7. The second-order valence-electron chi connectivity index (χ2n) is 10.8. The van der Waals surface area contributed by atoms with Crippen molar-refractivity contribution in [3.05, 3.63) is 100 Å². The molecule has 0 radical (unpaired) electrons. The SMILES string of the molecule is CCC[C@@]12C(=O)[C@@](C)(C(c3ccccc3)=C1c1ccccc1)[C@@H]1C(=O)N(c3ccc(OC)cc3[N+](=O)[O-])C(=O)[C@@H]12. The summed E-state index contributed by atoms with van der Waals surface area (Å²) in [6.45, 7) is 3.74. The number of Topliss-reactive ketones (excluding diaryl/α,β-unsaturated/α-hetero) is 1. The Bertz CT molecular complexity index is 1610. The number of rotatable bonds is 7. The van der Waals surface area contributed by atoms with E-state index in [4.69, 9.17) is 4.74 Å². The number of hydrogen-bond acceptors (Lipinski definition) is 6. The molecule has 1 saturated heterocycles. The van der Waals surface area contributed by atoms with Crippen LogP contribution in [0.4, 0.5) is 11.4 Å². The summed E-state index contributed by atoms with van der Waals surface area (Å²) in [5.41, 5.74) is 0.128. The second-order valence-corrected chi connectivity index (χ2v) is 10.8. The Morgan fingerprint density at radius 2 is 1.45 bits per heavy atom. The molecule has 2 fully saturated rings. The molecular weight excluding hydrogens is 508 g/mol. The van der Waals surface area contributed by atoms with Crippen molar-refractivity contribution in [3.63, 3.8) is 0 Å². The molecule has 1 aliphatic heterocycles. The van der Waals surface area contributed by atoms with E-state index in [2.05, 4.69) is 0 Å². The fraction of sp³-hybridized carbons (Fsp3) is 0.281. The topological polar surface area (TPSA) is 107 Å². The minimum atomic E-state index is -1.30. The highest BCUT2D eigenvalue weighted by atomic mass is 16.6. The van der Waals surface area contributed by atoms with Gasteiger partial charge in [0.15, 0.2) is 5.78 Å². The molecule has 2 aliphatic carbocycles. The van der Waals surface area contributed by atoms with Crippen LogP contribution in [0.3, 0.4) is 0 Å². The molecule has 3 aromatic rings. The van der Waals surface area contributed by atoms with Gasteiger partial charge >= 0.3 is 0 Å². The Kier molecular flexibility index (Phi) is 5.76. The first-order chi connectivity index (χ1) is 19.2. The molecular formula is C32H28N2O6. The number of carbonyl (C=O) groups is 3. The van der Waals surface area contributed by atoms with Gasteiger partial charge in [0.2, 0.25) is 11.8 Å². The van der Waals surface area contributed by atoms with Crippen LogP contribution in [0.1, 0.15) is 37.8 Å². The van der Waals surface area contributed by atoms with E-state index < -0.39 is 45.1 Å². The van der Waals surface area contributed by atoms with Gasteiger partial charge in [-0.1, -0.05) is 74.0 Å². The van der Waals surface area contributed by atoms with Crippen molar-refractivity contribution >= 4 is 40.1 Å². The molecule has 6 rings (SSSR count). The van der Waals surface area contributed by atoms with Gasteiger partial charge in [0.1, 0.15) is 11.4 Å². The molecule has 0 unspecified atom stereocenters. The monoisotopic (exact) mass is 536 g/mol. The van der Waals surface area contributed by atoms with Crippen LogP contribution in [-0.4, -0.2) is 29.6 Å². The summed E-state index contributed by atoms with van der Waals surface area (Å²) in [6.07, 6.45) is 0.980. The predicted molar refractivity (Wildman–Crippen MR) is 149 cm³/mol. The molecule has 0 spiro atoms. The molecule has 2 amide bonds. The minimum Gasteiger partial charge on any atom is -0.496 e. The maximum Gasteiger partial charge on any atom is 0.297 e. The lowest BCUT2D eigenvalue weighted by molar-refractivity contribution is -0.384.